The van der Waals surface area contributed by atoms with Gasteiger partial charge in [0, 0.05) is 16.7 Å². The molecule has 6 aromatic rings. The van der Waals surface area contributed by atoms with Crippen LogP contribution in [0.2, 0.25) is 0 Å². The van der Waals surface area contributed by atoms with Crippen LogP contribution in [0.5, 0.6) is 0 Å². The maximum Gasteiger partial charge on any atom is 0.164 e. The van der Waals surface area contributed by atoms with E-state index in [1.807, 2.05) is 66.7 Å². The number of nitrogens with zero attached hydrogens (tertiary/aromatic N) is 4. The summed E-state index contributed by atoms with van der Waals surface area (Å²) in [5.41, 5.74) is 8.77. The second kappa shape index (κ2) is 13.1. The Balaban J connectivity index is 1.22. The highest BCUT2D eigenvalue weighted by Gasteiger charge is 2.45. The summed E-state index contributed by atoms with van der Waals surface area (Å²) in [7, 11) is 0. The maximum absolute atomic E-state index is 13.7. The fourth-order valence-corrected chi connectivity index (χ4v) is 8.88. The van der Waals surface area contributed by atoms with Gasteiger partial charge >= 0.3 is 0 Å². The molecule has 2 saturated carbocycles. The van der Waals surface area contributed by atoms with Crippen LogP contribution in [0.25, 0.3) is 56.4 Å². The molecule has 0 aliphatic heterocycles. The van der Waals surface area contributed by atoms with Crippen molar-refractivity contribution in [3.63, 3.8) is 0 Å². The minimum absolute atomic E-state index is 0.248. The Bertz CT molecular complexity index is 2200. The first-order valence-electron chi connectivity index (χ1n) is 17.7. The molecule has 0 N–H and O–H groups in total. The van der Waals surface area contributed by atoms with Crippen LogP contribution in [-0.2, 0) is 5.41 Å². The van der Waals surface area contributed by atoms with Crippen LogP contribution < -0.4 is 0 Å². The number of aromatic nitrogens is 3. The van der Waals surface area contributed by atoms with E-state index in [1.165, 1.54) is 49.8 Å². The summed E-state index contributed by atoms with van der Waals surface area (Å²) in [6.45, 7) is 4.86. The SMILES string of the molecule is C[C@@H]1CC2C[C@H](C)CC(c3ccc(-c4nc(-c5cccc(-c6ccc(F)cc6)c5)nc(-c5cccc(-c6cccc(C#N)c6)c5)n4)cc3)(C2)C1. The lowest BCUT2D eigenvalue weighted by Gasteiger charge is -2.50. The summed E-state index contributed by atoms with van der Waals surface area (Å²) < 4.78 is 13.7. The van der Waals surface area contributed by atoms with Crippen LogP contribution >= 0.6 is 0 Å². The van der Waals surface area contributed by atoms with Crippen molar-refractivity contribution in [1.82, 2.24) is 15.0 Å². The Labute approximate surface area is 293 Å². The van der Waals surface area contributed by atoms with Crippen LogP contribution in [0.3, 0.4) is 0 Å². The standard InChI is InChI=1S/C45H39FN4/c1-29-20-32-21-30(2)26-45(25-29,27-32)40-16-12-34(13-17-40)42-48-43(38-10-4-8-36(23-38)33-14-18-41(46)19-15-33)50-44(49-42)39-11-5-9-37(24-39)35-7-3-6-31(22-35)28-47/h3-19,22-24,29-30,32H,20-21,25-27H2,1-2H3/t29-,30+,32?,45?. The molecule has 0 amide bonds. The molecular weight excluding hydrogens is 616 g/mol. The van der Waals surface area contributed by atoms with E-state index < -0.39 is 0 Å². The lowest BCUT2D eigenvalue weighted by atomic mass is 9.54. The average molecular weight is 655 g/mol. The summed E-state index contributed by atoms with van der Waals surface area (Å²) in [6.07, 6.45) is 6.51. The van der Waals surface area contributed by atoms with E-state index in [-0.39, 0.29) is 11.2 Å². The Hall–Kier alpha value is -5.47. The summed E-state index contributed by atoms with van der Waals surface area (Å²) in [5.74, 6) is 3.81. The van der Waals surface area contributed by atoms with Gasteiger partial charge in [0.15, 0.2) is 17.5 Å². The van der Waals surface area contributed by atoms with Crippen LogP contribution in [-0.4, -0.2) is 15.0 Å². The molecule has 2 unspecified atom stereocenters. The molecule has 8 rings (SSSR count). The van der Waals surface area contributed by atoms with E-state index in [9.17, 15) is 9.65 Å². The third kappa shape index (κ3) is 6.34. The smallest absolute Gasteiger partial charge is 0.164 e. The van der Waals surface area contributed by atoms with Crippen LogP contribution in [0, 0.1) is 34.9 Å². The largest absolute Gasteiger partial charge is 0.208 e. The topological polar surface area (TPSA) is 62.5 Å². The molecule has 4 atom stereocenters. The predicted octanol–water partition coefficient (Wildman–Crippen LogP) is 11.3. The van der Waals surface area contributed by atoms with Crippen molar-refractivity contribution in [3.05, 3.63) is 138 Å². The zero-order chi connectivity index (χ0) is 34.2. The van der Waals surface area contributed by atoms with E-state index in [2.05, 4.69) is 50.2 Å². The zero-order valence-electron chi connectivity index (χ0n) is 28.5. The Kier molecular flexibility index (Phi) is 8.32. The molecule has 5 heteroatoms. The molecule has 2 bridgehead atoms. The molecule has 1 aromatic heterocycles. The maximum atomic E-state index is 13.7. The van der Waals surface area contributed by atoms with Gasteiger partial charge in [-0.2, -0.15) is 5.26 Å². The number of benzene rings is 5. The molecule has 0 spiro atoms. The highest BCUT2D eigenvalue weighted by Crippen LogP contribution is 2.54. The van der Waals surface area contributed by atoms with E-state index in [0.717, 1.165) is 56.7 Å². The van der Waals surface area contributed by atoms with Gasteiger partial charge in [0.05, 0.1) is 11.6 Å². The summed E-state index contributed by atoms with van der Waals surface area (Å²) in [4.78, 5) is 15.2. The second-order valence-electron chi connectivity index (χ2n) is 14.7. The highest BCUT2D eigenvalue weighted by atomic mass is 19.1. The zero-order valence-corrected chi connectivity index (χ0v) is 28.5. The van der Waals surface area contributed by atoms with Gasteiger partial charge in [0.25, 0.3) is 0 Å². The van der Waals surface area contributed by atoms with Crippen molar-refractivity contribution < 1.29 is 4.39 Å². The second-order valence-corrected chi connectivity index (χ2v) is 14.7. The van der Waals surface area contributed by atoms with E-state index >= 15 is 0 Å². The fourth-order valence-electron chi connectivity index (χ4n) is 8.88. The molecular formula is C45H39FN4. The number of hydrogen-bond acceptors (Lipinski definition) is 4. The molecule has 2 aliphatic rings. The Morgan fingerprint density at radius 3 is 1.62 bits per heavy atom. The van der Waals surface area contributed by atoms with Gasteiger partial charge in [0.1, 0.15) is 5.82 Å². The van der Waals surface area contributed by atoms with Gasteiger partial charge < -0.3 is 0 Å². The summed E-state index contributed by atoms with van der Waals surface area (Å²) in [6, 6.07) is 41.6. The van der Waals surface area contributed by atoms with Gasteiger partial charge in [-0.1, -0.05) is 98.8 Å². The molecule has 1 heterocycles. The fraction of sp³-hybridized carbons (Fsp3) is 0.244. The van der Waals surface area contributed by atoms with Crippen molar-refractivity contribution >= 4 is 0 Å². The first-order valence-corrected chi connectivity index (χ1v) is 17.7. The quantitative estimate of drug-likeness (QED) is 0.179. The predicted molar refractivity (Wildman–Crippen MR) is 198 cm³/mol. The van der Waals surface area contributed by atoms with E-state index in [1.54, 1.807) is 12.1 Å². The third-order valence-electron chi connectivity index (χ3n) is 10.8. The number of fused-ring (bicyclic) bond motifs is 2. The van der Waals surface area contributed by atoms with Crippen molar-refractivity contribution in [2.45, 2.75) is 51.4 Å². The number of hydrogen-bond donors (Lipinski definition) is 0. The van der Waals surface area contributed by atoms with Gasteiger partial charge in [-0.25, -0.2) is 19.3 Å². The van der Waals surface area contributed by atoms with Crippen molar-refractivity contribution in [1.29, 1.82) is 5.26 Å². The molecule has 4 nitrogen and oxygen atoms in total. The normalized spacial score (nSPS) is 21.4. The van der Waals surface area contributed by atoms with Crippen LogP contribution in [0.4, 0.5) is 4.39 Å². The van der Waals surface area contributed by atoms with Crippen LogP contribution in [0.1, 0.15) is 57.1 Å². The minimum Gasteiger partial charge on any atom is -0.208 e. The van der Waals surface area contributed by atoms with Crippen molar-refractivity contribution in [2.24, 2.45) is 17.8 Å². The number of rotatable bonds is 6. The molecule has 0 saturated heterocycles. The molecule has 0 radical (unpaired) electrons. The van der Waals surface area contributed by atoms with Gasteiger partial charge in [-0.15, -0.1) is 0 Å². The van der Waals surface area contributed by atoms with Crippen molar-refractivity contribution in [2.75, 3.05) is 0 Å². The Morgan fingerprint density at radius 2 is 1.04 bits per heavy atom. The van der Waals surface area contributed by atoms with Crippen molar-refractivity contribution in [3.8, 4) is 62.5 Å². The number of halogens is 1. The first kappa shape index (κ1) is 31.8. The molecule has 2 aliphatic carbocycles. The molecule has 246 valence electrons. The lowest BCUT2D eigenvalue weighted by molar-refractivity contribution is 0.0780. The lowest BCUT2D eigenvalue weighted by Crippen LogP contribution is -2.42. The van der Waals surface area contributed by atoms with E-state index in [0.29, 0.717) is 23.0 Å². The monoisotopic (exact) mass is 654 g/mol. The Morgan fingerprint density at radius 1 is 0.560 bits per heavy atom. The minimum atomic E-state index is -0.264. The average Bonchev–Trinajstić information content (AvgIpc) is 3.14. The molecule has 5 aromatic carbocycles. The van der Waals surface area contributed by atoms with Gasteiger partial charge in [-0.3, -0.25) is 0 Å². The molecule has 2 fully saturated rings. The van der Waals surface area contributed by atoms with Gasteiger partial charge in [0.2, 0.25) is 0 Å². The first-order chi connectivity index (χ1) is 24.3. The summed E-state index contributed by atoms with van der Waals surface area (Å²) in [5, 5.41) is 9.49. The van der Waals surface area contributed by atoms with Gasteiger partial charge in [-0.05, 0) is 119 Å². The number of nitriles is 1. The van der Waals surface area contributed by atoms with Crippen LogP contribution in [0.15, 0.2) is 121 Å². The molecule has 50 heavy (non-hydrogen) atoms. The van der Waals surface area contributed by atoms with E-state index in [4.69, 9.17) is 15.0 Å². The summed E-state index contributed by atoms with van der Waals surface area (Å²) >= 11 is 0. The highest BCUT2D eigenvalue weighted by molar-refractivity contribution is 5.75. The third-order valence-corrected chi connectivity index (χ3v) is 10.8.